The Balaban J connectivity index is 1.51. The monoisotopic (exact) mass is 488 g/mol. The highest BCUT2D eigenvalue weighted by molar-refractivity contribution is 6.03. The SMILES string of the molecule is Cc1ccc(C2NC(=O)N(C)C3=C2C(=O)N(C(Cc2ccccc2)C(=O)N2CCOCC2)C3)c(C)c1. The third kappa shape index (κ3) is 4.37. The number of ether oxygens (including phenoxy) is 1. The number of amides is 4. The fourth-order valence-electron chi connectivity index (χ4n) is 5.39. The van der Waals surface area contributed by atoms with E-state index in [1.54, 1.807) is 16.8 Å². The molecule has 0 radical (unpaired) electrons. The van der Waals surface area contributed by atoms with Gasteiger partial charge in [-0.15, -0.1) is 0 Å². The van der Waals surface area contributed by atoms with Gasteiger partial charge in [-0.3, -0.25) is 14.5 Å². The third-order valence-corrected chi connectivity index (χ3v) is 7.38. The molecule has 1 saturated heterocycles. The first-order valence-corrected chi connectivity index (χ1v) is 12.4. The number of rotatable bonds is 5. The molecule has 0 aromatic heterocycles. The number of carbonyl (C=O) groups excluding carboxylic acids is 3. The van der Waals surface area contributed by atoms with Gasteiger partial charge in [0.05, 0.1) is 37.1 Å². The Labute approximate surface area is 211 Å². The van der Waals surface area contributed by atoms with E-state index in [9.17, 15) is 14.4 Å². The van der Waals surface area contributed by atoms with E-state index in [4.69, 9.17) is 4.74 Å². The minimum atomic E-state index is -0.674. The van der Waals surface area contributed by atoms with E-state index in [0.717, 1.165) is 22.3 Å². The Bertz CT molecular complexity index is 1220. The molecule has 1 fully saturated rings. The molecule has 0 spiro atoms. The standard InChI is InChI=1S/C28H32N4O4/c1-18-9-10-21(19(2)15-18)25-24-23(30(3)28(35)29-25)17-32(27(24)34)22(16-20-7-5-4-6-8-20)26(33)31-11-13-36-14-12-31/h4-10,15,22,25H,11-14,16-17H2,1-3H3,(H,29,35). The smallest absolute Gasteiger partial charge is 0.322 e. The quantitative estimate of drug-likeness (QED) is 0.702. The topological polar surface area (TPSA) is 82.2 Å². The van der Waals surface area contributed by atoms with E-state index < -0.39 is 12.1 Å². The Hall–Kier alpha value is -3.65. The van der Waals surface area contributed by atoms with Crippen molar-refractivity contribution in [3.8, 4) is 0 Å². The van der Waals surface area contributed by atoms with Crippen molar-refractivity contribution in [3.05, 3.63) is 82.1 Å². The van der Waals surface area contributed by atoms with Crippen LogP contribution in [-0.2, 0) is 20.7 Å². The Kier molecular flexibility index (Phi) is 6.53. The lowest BCUT2D eigenvalue weighted by Crippen LogP contribution is -2.53. The predicted molar refractivity (Wildman–Crippen MR) is 135 cm³/mol. The van der Waals surface area contributed by atoms with E-state index in [2.05, 4.69) is 11.4 Å². The number of morpholine rings is 1. The Morgan fingerprint density at radius 2 is 1.81 bits per heavy atom. The van der Waals surface area contributed by atoms with E-state index >= 15 is 0 Å². The van der Waals surface area contributed by atoms with Crippen LogP contribution in [0.2, 0.25) is 0 Å². The molecule has 3 heterocycles. The first kappa shape index (κ1) is 24.1. The summed E-state index contributed by atoms with van der Waals surface area (Å²) in [5, 5.41) is 3.02. The summed E-state index contributed by atoms with van der Waals surface area (Å²) in [6.07, 6.45) is 0.405. The van der Waals surface area contributed by atoms with Crippen LogP contribution in [0.1, 0.15) is 28.3 Å². The van der Waals surface area contributed by atoms with Crippen molar-refractivity contribution in [1.29, 1.82) is 0 Å². The zero-order valence-corrected chi connectivity index (χ0v) is 21.0. The van der Waals surface area contributed by atoms with Gasteiger partial charge in [-0.2, -0.15) is 0 Å². The van der Waals surface area contributed by atoms with Crippen LogP contribution < -0.4 is 5.32 Å². The van der Waals surface area contributed by atoms with E-state index in [1.807, 2.05) is 56.3 Å². The maximum Gasteiger partial charge on any atom is 0.322 e. The summed E-state index contributed by atoms with van der Waals surface area (Å²) in [6.45, 7) is 6.21. The second kappa shape index (κ2) is 9.78. The van der Waals surface area contributed by atoms with Crippen molar-refractivity contribution in [2.45, 2.75) is 32.4 Å². The molecular weight excluding hydrogens is 456 g/mol. The number of hydrogen-bond acceptors (Lipinski definition) is 4. The van der Waals surface area contributed by atoms with Gasteiger partial charge in [0.15, 0.2) is 0 Å². The summed E-state index contributed by atoms with van der Waals surface area (Å²) < 4.78 is 5.45. The Morgan fingerprint density at radius 1 is 1.08 bits per heavy atom. The number of urea groups is 1. The number of carbonyl (C=O) groups is 3. The van der Waals surface area contributed by atoms with Crippen molar-refractivity contribution < 1.29 is 19.1 Å². The third-order valence-electron chi connectivity index (χ3n) is 7.38. The van der Waals surface area contributed by atoms with Gasteiger partial charge in [-0.25, -0.2) is 4.79 Å². The van der Waals surface area contributed by atoms with Crippen molar-refractivity contribution in [2.24, 2.45) is 0 Å². The van der Waals surface area contributed by atoms with E-state index in [-0.39, 0.29) is 24.4 Å². The number of nitrogens with zero attached hydrogens (tertiary/aromatic N) is 3. The van der Waals surface area contributed by atoms with Crippen molar-refractivity contribution in [2.75, 3.05) is 39.9 Å². The Morgan fingerprint density at radius 3 is 2.50 bits per heavy atom. The number of aryl methyl sites for hydroxylation is 2. The first-order chi connectivity index (χ1) is 17.3. The van der Waals surface area contributed by atoms with Gasteiger partial charge in [-0.05, 0) is 30.5 Å². The summed E-state index contributed by atoms with van der Waals surface area (Å²) >= 11 is 0. The lowest BCUT2D eigenvalue weighted by molar-refractivity contribution is -0.145. The van der Waals surface area contributed by atoms with Gasteiger partial charge >= 0.3 is 6.03 Å². The van der Waals surface area contributed by atoms with Crippen LogP contribution >= 0.6 is 0 Å². The van der Waals surface area contributed by atoms with Crippen LogP contribution in [0.3, 0.4) is 0 Å². The maximum absolute atomic E-state index is 14.1. The molecule has 8 nitrogen and oxygen atoms in total. The van der Waals surface area contributed by atoms with Gasteiger partial charge in [0, 0.05) is 26.6 Å². The zero-order valence-electron chi connectivity index (χ0n) is 21.0. The summed E-state index contributed by atoms with van der Waals surface area (Å²) in [5.74, 6) is -0.287. The molecule has 2 aromatic carbocycles. The molecule has 3 aliphatic heterocycles. The van der Waals surface area contributed by atoms with Crippen LogP contribution in [0.15, 0.2) is 59.8 Å². The molecule has 2 atom stereocenters. The lowest BCUT2D eigenvalue weighted by atomic mass is 9.91. The second-order valence-electron chi connectivity index (χ2n) is 9.74. The molecule has 2 aromatic rings. The normalized spacial score (nSPS) is 21.0. The molecule has 8 heteroatoms. The fourth-order valence-corrected chi connectivity index (χ4v) is 5.39. The van der Waals surface area contributed by atoms with Crippen LogP contribution in [0.4, 0.5) is 4.79 Å². The molecule has 0 saturated carbocycles. The van der Waals surface area contributed by atoms with Crippen LogP contribution in [0, 0.1) is 13.8 Å². The minimum absolute atomic E-state index is 0.0830. The van der Waals surface area contributed by atoms with E-state index in [0.29, 0.717) is 44.0 Å². The van der Waals surface area contributed by atoms with Crippen molar-refractivity contribution >= 4 is 17.8 Å². The summed E-state index contributed by atoms with van der Waals surface area (Å²) in [5.41, 5.74) is 5.19. The molecule has 0 aliphatic carbocycles. The zero-order chi connectivity index (χ0) is 25.4. The van der Waals surface area contributed by atoms with Gasteiger partial charge in [-0.1, -0.05) is 54.1 Å². The molecule has 1 N–H and O–H groups in total. The molecular formula is C28H32N4O4. The maximum atomic E-state index is 14.1. The van der Waals surface area contributed by atoms with Gasteiger partial charge in [0.1, 0.15) is 6.04 Å². The molecule has 2 unspecified atom stereocenters. The van der Waals surface area contributed by atoms with Gasteiger partial charge in [0.2, 0.25) is 5.91 Å². The van der Waals surface area contributed by atoms with Gasteiger partial charge in [0.25, 0.3) is 5.91 Å². The second-order valence-corrected chi connectivity index (χ2v) is 9.74. The molecule has 5 rings (SSSR count). The molecule has 3 aliphatic rings. The molecule has 36 heavy (non-hydrogen) atoms. The van der Waals surface area contributed by atoms with Crippen LogP contribution in [-0.4, -0.2) is 78.5 Å². The highest BCUT2D eigenvalue weighted by atomic mass is 16.5. The highest BCUT2D eigenvalue weighted by Gasteiger charge is 2.47. The highest BCUT2D eigenvalue weighted by Crippen LogP contribution is 2.38. The van der Waals surface area contributed by atoms with Crippen molar-refractivity contribution in [3.63, 3.8) is 0 Å². The summed E-state index contributed by atoms with van der Waals surface area (Å²) in [7, 11) is 1.68. The fraction of sp³-hybridized carbons (Fsp3) is 0.393. The molecule has 4 amide bonds. The average Bonchev–Trinajstić information content (AvgIpc) is 3.23. The largest absolute Gasteiger partial charge is 0.378 e. The lowest BCUT2D eigenvalue weighted by Gasteiger charge is -2.35. The molecule has 188 valence electrons. The number of nitrogens with one attached hydrogen (secondary N) is 1. The number of hydrogen-bond donors (Lipinski definition) is 1. The van der Waals surface area contributed by atoms with Crippen LogP contribution in [0.5, 0.6) is 0 Å². The van der Waals surface area contributed by atoms with Gasteiger partial charge < -0.3 is 19.9 Å². The average molecular weight is 489 g/mol. The summed E-state index contributed by atoms with van der Waals surface area (Å²) in [4.78, 5) is 45.7. The summed E-state index contributed by atoms with van der Waals surface area (Å²) in [6, 6.07) is 14.3. The minimum Gasteiger partial charge on any atom is -0.378 e. The first-order valence-electron chi connectivity index (χ1n) is 12.4. The van der Waals surface area contributed by atoms with Crippen molar-refractivity contribution in [1.82, 2.24) is 20.0 Å². The van der Waals surface area contributed by atoms with E-state index in [1.165, 1.54) is 4.90 Å². The predicted octanol–water partition coefficient (Wildman–Crippen LogP) is 2.57. The van der Waals surface area contributed by atoms with Crippen LogP contribution in [0.25, 0.3) is 0 Å². The molecule has 0 bridgehead atoms. The number of likely N-dealkylation sites (N-methyl/N-ethyl adjacent to an activating group) is 1. The number of benzene rings is 2.